The first-order chi connectivity index (χ1) is 12.7. The van der Waals surface area contributed by atoms with Crippen molar-refractivity contribution in [2.45, 2.75) is 64.4 Å². The van der Waals surface area contributed by atoms with Crippen molar-refractivity contribution < 1.29 is 14.6 Å². The Labute approximate surface area is 158 Å². The fraction of sp³-hybridized carbons (Fsp3) is 0.632. The van der Waals surface area contributed by atoms with Crippen LogP contribution in [0.5, 0.6) is 0 Å². The SMILES string of the molecule is Cc1c(C(=O)OC2CCCCC2)sc2ncnc(NCCCCCO)c12. The van der Waals surface area contributed by atoms with Gasteiger partial charge in [0, 0.05) is 13.2 Å². The zero-order valence-electron chi connectivity index (χ0n) is 15.3. The van der Waals surface area contributed by atoms with Gasteiger partial charge < -0.3 is 15.2 Å². The fourth-order valence-corrected chi connectivity index (χ4v) is 4.44. The number of esters is 1. The quantitative estimate of drug-likeness (QED) is 0.533. The number of hydrogen-bond acceptors (Lipinski definition) is 7. The Morgan fingerprint density at radius 2 is 2.08 bits per heavy atom. The zero-order valence-corrected chi connectivity index (χ0v) is 16.1. The van der Waals surface area contributed by atoms with Crippen LogP contribution in [-0.2, 0) is 4.74 Å². The average molecular weight is 378 g/mol. The lowest BCUT2D eigenvalue weighted by molar-refractivity contribution is 0.0216. The molecule has 0 radical (unpaired) electrons. The maximum Gasteiger partial charge on any atom is 0.348 e. The third kappa shape index (κ3) is 4.51. The topological polar surface area (TPSA) is 84.3 Å². The van der Waals surface area contributed by atoms with Crippen molar-refractivity contribution in [1.82, 2.24) is 9.97 Å². The molecule has 7 heteroatoms. The maximum absolute atomic E-state index is 12.6. The molecule has 0 atom stereocenters. The van der Waals surface area contributed by atoms with Crippen molar-refractivity contribution in [2.75, 3.05) is 18.5 Å². The molecule has 26 heavy (non-hydrogen) atoms. The fourth-order valence-electron chi connectivity index (χ4n) is 3.41. The van der Waals surface area contributed by atoms with Gasteiger partial charge in [0.05, 0.1) is 5.39 Å². The number of aromatic nitrogens is 2. The lowest BCUT2D eigenvalue weighted by Gasteiger charge is -2.21. The van der Waals surface area contributed by atoms with Crippen LogP contribution in [0.2, 0.25) is 0 Å². The minimum atomic E-state index is -0.230. The molecule has 0 saturated heterocycles. The second kappa shape index (κ2) is 9.28. The van der Waals surface area contributed by atoms with Crippen molar-refractivity contribution in [3.05, 3.63) is 16.8 Å². The molecule has 142 valence electrons. The summed E-state index contributed by atoms with van der Waals surface area (Å²) in [5.74, 6) is 0.538. The van der Waals surface area contributed by atoms with E-state index in [9.17, 15) is 4.79 Å². The van der Waals surface area contributed by atoms with E-state index in [1.807, 2.05) is 6.92 Å². The monoisotopic (exact) mass is 377 g/mol. The molecule has 3 rings (SSSR count). The smallest absolute Gasteiger partial charge is 0.348 e. The van der Waals surface area contributed by atoms with Crippen molar-refractivity contribution in [1.29, 1.82) is 0 Å². The molecule has 2 N–H and O–H groups in total. The normalized spacial score (nSPS) is 15.3. The van der Waals surface area contributed by atoms with Crippen LogP contribution in [0.1, 0.15) is 66.6 Å². The van der Waals surface area contributed by atoms with Crippen LogP contribution in [0.25, 0.3) is 10.2 Å². The van der Waals surface area contributed by atoms with Gasteiger partial charge in [-0.15, -0.1) is 11.3 Å². The summed E-state index contributed by atoms with van der Waals surface area (Å²) in [7, 11) is 0. The number of anilines is 1. The molecule has 0 aliphatic heterocycles. The lowest BCUT2D eigenvalue weighted by Crippen LogP contribution is -2.20. The molecule has 0 aromatic carbocycles. The van der Waals surface area contributed by atoms with E-state index in [0.29, 0.717) is 4.88 Å². The molecule has 0 bridgehead atoms. The summed E-state index contributed by atoms with van der Waals surface area (Å²) in [6.07, 6.45) is 9.78. The highest BCUT2D eigenvalue weighted by atomic mass is 32.1. The molecule has 0 amide bonds. The van der Waals surface area contributed by atoms with Gasteiger partial charge in [0.1, 0.15) is 28.0 Å². The number of carbonyl (C=O) groups excluding carboxylic acids is 1. The highest BCUT2D eigenvalue weighted by molar-refractivity contribution is 7.20. The average Bonchev–Trinajstić information content (AvgIpc) is 3.00. The summed E-state index contributed by atoms with van der Waals surface area (Å²) in [5.41, 5.74) is 0.893. The van der Waals surface area contributed by atoms with Crippen LogP contribution in [0.4, 0.5) is 5.82 Å². The Kier molecular flexibility index (Phi) is 6.80. The van der Waals surface area contributed by atoms with Crippen molar-refractivity contribution in [3.63, 3.8) is 0 Å². The molecule has 1 saturated carbocycles. The molecular formula is C19H27N3O3S. The van der Waals surface area contributed by atoms with E-state index in [-0.39, 0.29) is 18.7 Å². The van der Waals surface area contributed by atoms with Crippen LogP contribution >= 0.6 is 11.3 Å². The predicted molar refractivity (Wildman–Crippen MR) is 104 cm³/mol. The van der Waals surface area contributed by atoms with Gasteiger partial charge >= 0.3 is 5.97 Å². The number of nitrogens with zero attached hydrogens (tertiary/aromatic N) is 2. The molecule has 2 heterocycles. The molecule has 1 fully saturated rings. The third-order valence-electron chi connectivity index (χ3n) is 4.87. The molecule has 0 spiro atoms. The summed E-state index contributed by atoms with van der Waals surface area (Å²) in [5, 5.41) is 13.1. The largest absolute Gasteiger partial charge is 0.458 e. The molecular weight excluding hydrogens is 350 g/mol. The Morgan fingerprint density at radius 3 is 2.85 bits per heavy atom. The lowest BCUT2D eigenvalue weighted by atomic mass is 9.98. The molecule has 1 aliphatic carbocycles. The summed E-state index contributed by atoms with van der Waals surface area (Å²) < 4.78 is 5.73. The minimum absolute atomic E-state index is 0.0519. The number of aryl methyl sites for hydroxylation is 1. The number of rotatable bonds is 8. The van der Waals surface area contributed by atoms with Crippen LogP contribution < -0.4 is 5.32 Å². The second-order valence-corrected chi connectivity index (χ2v) is 7.83. The number of carbonyl (C=O) groups is 1. The van der Waals surface area contributed by atoms with E-state index in [4.69, 9.17) is 9.84 Å². The first kappa shape index (κ1) is 19.0. The van der Waals surface area contributed by atoms with Crippen molar-refractivity contribution in [3.8, 4) is 0 Å². The zero-order chi connectivity index (χ0) is 18.4. The predicted octanol–water partition coefficient (Wildman–Crippen LogP) is 4.06. The highest BCUT2D eigenvalue weighted by Crippen LogP contribution is 2.34. The number of aliphatic hydroxyl groups excluding tert-OH is 1. The molecule has 2 aromatic heterocycles. The number of aliphatic hydroxyl groups is 1. The van der Waals surface area contributed by atoms with E-state index in [1.165, 1.54) is 24.1 Å². The Hall–Kier alpha value is -1.73. The van der Waals surface area contributed by atoms with E-state index in [0.717, 1.165) is 73.1 Å². The van der Waals surface area contributed by atoms with Gasteiger partial charge in [0.25, 0.3) is 0 Å². The standard InChI is InChI=1S/C19H27N3O3S/c1-13-15-17(20-10-6-3-7-11-23)21-12-22-18(15)26-16(13)19(24)25-14-8-4-2-5-9-14/h12,14,23H,2-11H2,1H3,(H,20,21,22). The number of hydrogen-bond donors (Lipinski definition) is 2. The van der Waals surface area contributed by atoms with Gasteiger partial charge in [-0.1, -0.05) is 6.42 Å². The first-order valence-electron chi connectivity index (χ1n) is 9.50. The van der Waals surface area contributed by atoms with E-state index < -0.39 is 0 Å². The number of fused-ring (bicyclic) bond motifs is 1. The molecule has 6 nitrogen and oxygen atoms in total. The third-order valence-corrected chi connectivity index (χ3v) is 6.05. The second-order valence-electron chi connectivity index (χ2n) is 6.83. The van der Waals surface area contributed by atoms with Gasteiger partial charge in [-0.05, 0) is 57.4 Å². The number of ether oxygens (including phenoxy) is 1. The molecule has 2 aromatic rings. The summed E-state index contributed by atoms with van der Waals surface area (Å²) >= 11 is 1.38. The van der Waals surface area contributed by atoms with Gasteiger partial charge in [-0.3, -0.25) is 0 Å². The highest BCUT2D eigenvalue weighted by Gasteiger charge is 2.24. The molecule has 1 aliphatic rings. The number of unbranched alkanes of at least 4 members (excludes halogenated alkanes) is 2. The Bertz CT molecular complexity index is 741. The Balaban J connectivity index is 1.72. The Morgan fingerprint density at radius 1 is 1.27 bits per heavy atom. The number of nitrogens with one attached hydrogen (secondary N) is 1. The number of thiophene rings is 1. The van der Waals surface area contributed by atoms with E-state index in [2.05, 4.69) is 15.3 Å². The summed E-state index contributed by atoms with van der Waals surface area (Å²) in [4.78, 5) is 22.8. The van der Waals surface area contributed by atoms with Crippen LogP contribution in [0.3, 0.4) is 0 Å². The summed E-state index contributed by atoms with van der Waals surface area (Å²) in [6.45, 7) is 2.95. The van der Waals surface area contributed by atoms with Gasteiger partial charge in [0.2, 0.25) is 0 Å². The van der Waals surface area contributed by atoms with Crippen LogP contribution in [-0.4, -0.2) is 40.3 Å². The van der Waals surface area contributed by atoms with Crippen LogP contribution in [0.15, 0.2) is 6.33 Å². The minimum Gasteiger partial charge on any atom is -0.458 e. The first-order valence-corrected chi connectivity index (χ1v) is 10.3. The van der Waals surface area contributed by atoms with E-state index in [1.54, 1.807) is 0 Å². The summed E-state index contributed by atoms with van der Waals surface area (Å²) in [6, 6.07) is 0. The van der Waals surface area contributed by atoms with Gasteiger partial charge in [-0.25, -0.2) is 14.8 Å². The molecule has 0 unspecified atom stereocenters. The van der Waals surface area contributed by atoms with E-state index >= 15 is 0 Å². The maximum atomic E-state index is 12.6. The van der Waals surface area contributed by atoms with Crippen molar-refractivity contribution in [2.24, 2.45) is 0 Å². The van der Waals surface area contributed by atoms with Crippen molar-refractivity contribution >= 4 is 33.3 Å². The van der Waals surface area contributed by atoms with Crippen LogP contribution in [0, 0.1) is 6.92 Å². The van der Waals surface area contributed by atoms with Gasteiger partial charge in [0.15, 0.2) is 0 Å². The van der Waals surface area contributed by atoms with Gasteiger partial charge in [-0.2, -0.15) is 0 Å².